The lowest BCUT2D eigenvalue weighted by molar-refractivity contribution is 0.0696. The van der Waals surface area contributed by atoms with Crippen LogP contribution in [-0.4, -0.2) is 16.1 Å². The molecule has 0 radical (unpaired) electrons. The van der Waals surface area contributed by atoms with Crippen molar-refractivity contribution in [1.82, 2.24) is 4.98 Å². The van der Waals surface area contributed by atoms with E-state index in [0.29, 0.717) is 10.6 Å². The van der Waals surface area contributed by atoms with Crippen molar-refractivity contribution >= 4 is 17.7 Å². The molecule has 1 aromatic heterocycles. The summed E-state index contributed by atoms with van der Waals surface area (Å²) < 4.78 is 13.8. The highest BCUT2D eigenvalue weighted by Gasteiger charge is 2.09. The molecule has 2 rings (SSSR count). The van der Waals surface area contributed by atoms with Gasteiger partial charge in [-0.2, -0.15) is 5.26 Å². The van der Waals surface area contributed by atoms with Crippen molar-refractivity contribution in [1.29, 1.82) is 5.26 Å². The van der Waals surface area contributed by atoms with E-state index in [-0.39, 0.29) is 16.9 Å². The second-order valence-electron chi connectivity index (χ2n) is 3.87. The third kappa shape index (κ3) is 3.13. The molecule has 1 aromatic carbocycles. The van der Waals surface area contributed by atoms with Crippen LogP contribution in [0, 0.1) is 17.1 Å². The molecular weight excluding hydrogens is 279 g/mol. The molecule has 0 atom stereocenters. The number of carboxylic acid groups (broad SMARTS) is 1. The Hall–Kier alpha value is -2.39. The highest BCUT2D eigenvalue weighted by atomic mass is 32.2. The van der Waals surface area contributed by atoms with E-state index in [1.807, 2.05) is 0 Å². The predicted molar refractivity (Wildman–Crippen MR) is 71.9 cm³/mol. The molecule has 0 saturated heterocycles. The van der Waals surface area contributed by atoms with Gasteiger partial charge in [-0.1, -0.05) is 12.1 Å². The van der Waals surface area contributed by atoms with Crippen molar-refractivity contribution in [2.45, 2.75) is 10.8 Å². The normalized spacial score (nSPS) is 10.0. The molecule has 0 saturated carbocycles. The second-order valence-corrected chi connectivity index (χ2v) is 4.86. The molecule has 1 N–H and O–H groups in total. The van der Waals surface area contributed by atoms with Crippen molar-refractivity contribution in [3.63, 3.8) is 0 Å². The minimum absolute atomic E-state index is 0.00431. The van der Waals surface area contributed by atoms with E-state index in [1.54, 1.807) is 18.2 Å². The van der Waals surface area contributed by atoms with Crippen LogP contribution in [0.2, 0.25) is 0 Å². The van der Waals surface area contributed by atoms with E-state index in [4.69, 9.17) is 10.4 Å². The fourth-order valence-electron chi connectivity index (χ4n) is 1.55. The number of pyridine rings is 1. The van der Waals surface area contributed by atoms with Gasteiger partial charge in [0.15, 0.2) is 0 Å². The van der Waals surface area contributed by atoms with Gasteiger partial charge in [0.2, 0.25) is 0 Å². The zero-order valence-corrected chi connectivity index (χ0v) is 11.0. The minimum atomic E-state index is -1.04. The van der Waals surface area contributed by atoms with Crippen LogP contribution < -0.4 is 0 Å². The van der Waals surface area contributed by atoms with E-state index in [2.05, 4.69) is 4.98 Å². The Bertz CT molecular complexity index is 698. The predicted octanol–water partition coefficient (Wildman–Crippen LogP) is 3.08. The number of aromatic nitrogens is 1. The summed E-state index contributed by atoms with van der Waals surface area (Å²) in [6, 6.07) is 9.21. The third-order valence-corrected chi connectivity index (χ3v) is 3.53. The molecule has 0 aliphatic rings. The highest BCUT2D eigenvalue weighted by molar-refractivity contribution is 7.98. The first kappa shape index (κ1) is 14.0. The number of hydrogen-bond acceptors (Lipinski definition) is 4. The Balaban J connectivity index is 2.15. The Morgan fingerprint density at radius 1 is 1.45 bits per heavy atom. The van der Waals surface area contributed by atoms with Gasteiger partial charge in [-0.25, -0.2) is 14.2 Å². The molecule has 100 valence electrons. The number of carboxylic acids is 1. The Kier molecular flexibility index (Phi) is 4.33. The second kappa shape index (κ2) is 6.17. The average molecular weight is 288 g/mol. The first-order chi connectivity index (χ1) is 9.61. The van der Waals surface area contributed by atoms with Crippen LogP contribution in [-0.2, 0) is 5.75 Å². The number of halogens is 1. The molecule has 0 unspecified atom stereocenters. The van der Waals surface area contributed by atoms with Gasteiger partial charge >= 0.3 is 5.97 Å². The van der Waals surface area contributed by atoms with Gasteiger partial charge in [0.25, 0.3) is 0 Å². The molecule has 1 heterocycles. The van der Waals surface area contributed by atoms with E-state index < -0.39 is 11.8 Å². The summed E-state index contributed by atoms with van der Waals surface area (Å²) in [6.07, 6.45) is 1.40. The number of thioether (sulfide) groups is 1. The molecule has 4 nitrogen and oxygen atoms in total. The highest BCUT2D eigenvalue weighted by Crippen LogP contribution is 2.24. The molecule has 0 amide bonds. The van der Waals surface area contributed by atoms with Crippen molar-refractivity contribution < 1.29 is 14.3 Å². The fourth-order valence-corrected chi connectivity index (χ4v) is 2.42. The SMILES string of the molecule is N#Cc1cccc(CSc2cc(C(=O)O)ccn2)c1F. The maximum Gasteiger partial charge on any atom is 0.335 e. The lowest BCUT2D eigenvalue weighted by Gasteiger charge is -2.04. The van der Waals surface area contributed by atoms with E-state index in [0.717, 1.165) is 0 Å². The first-order valence-corrected chi connectivity index (χ1v) is 6.60. The van der Waals surface area contributed by atoms with Gasteiger partial charge in [0.1, 0.15) is 11.9 Å². The maximum atomic E-state index is 13.8. The third-order valence-electron chi connectivity index (χ3n) is 2.56. The van der Waals surface area contributed by atoms with Crippen LogP contribution in [0.5, 0.6) is 0 Å². The number of benzene rings is 1. The molecule has 0 aliphatic carbocycles. The molecule has 6 heteroatoms. The number of carbonyl (C=O) groups is 1. The zero-order chi connectivity index (χ0) is 14.5. The molecule has 0 bridgehead atoms. The fraction of sp³-hybridized carbons (Fsp3) is 0.0714. The topological polar surface area (TPSA) is 74.0 Å². The lowest BCUT2D eigenvalue weighted by atomic mass is 10.1. The smallest absolute Gasteiger partial charge is 0.335 e. The van der Waals surface area contributed by atoms with Gasteiger partial charge in [-0.05, 0) is 23.8 Å². The van der Waals surface area contributed by atoms with Gasteiger partial charge in [-0.3, -0.25) is 0 Å². The number of hydrogen-bond donors (Lipinski definition) is 1. The minimum Gasteiger partial charge on any atom is -0.478 e. The average Bonchev–Trinajstić information content (AvgIpc) is 2.46. The number of rotatable bonds is 4. The summed E-state index contributed by atoms with van der Waals surface area (Å²) in [7, 11) is 0. The van der Waals surface area contributed by atoms with E-state index in [9.17, 15) is 9.18 Å². The van der Waals surface area contributed by atoms with E-state index >= 15 is 0 Å². The van der Waals surface area contributed by atoms with Crippen molar-refractivity contribution in [2.24, 2.45) is 0 Å². The lowest BCUT2D eigenvalue weighted by Crippen LogP contribution is -1.97. The van der Waals surface area contributed by atoms with Crippen LogP contribution >= 0.6 is 11.8 Å². The van der Waals surface area contributed by atoms with Crippen LogP contribution in [0.1, 0.15) is 21.5 Å². The molecular formula is C14H9FN2O2S. The number of nitriles is 1. The summed E-state index contributed by atoms with van der Waals surface area (Å²) in [4.78, 5) is 14.9. The van der Waals surface area contributed by atoms with Crippen LogP contribution in [0.4, 0.5) is 4.39 Å². The number of aromatic carboxylic acids is 1. The largest absolute Gasteiger partial charge is 0.478 e. The van der Waals surface area contributed by atoms with Crippen molar-refractivity contribution in [3.05, 3.63) is 59.0 Å². The molecule has 2 aromatic rings. The monoisotopic (exact) mass is 288 g/mol. The van der Waals surface area contributed by atoms with E-state index in [1.165, 1.54) is 36.2 Å². The first-order valence-electron chi connectivity index (χ1n) is 5.61. The Morgan fingerprint density at radius 2 is 2.25 bits per heavy atom. The molecule has 0 spiro atoms. The molecule has 0 fully saturated rings. The summed E-state index contributed by atoms with van der Waals surface area (Å²) in [5.41, 5.74) is 0.515. The van der Waals surface area contributed by atoms with Crippen LogP contribution in [0.3, 0.4) is 0 Å². The van der Waals surface area contributed by atoms with Gasteiger partial charge in [-0.15, -0.1) is 11.8 Å². The summed E-state index contributed by atoms with van der Waals surface area (Å²) in [5, 5.41) is 18.1. The van der Waals surface area contributed by atoms with Crippen molar-refractivity contribution in [3.8, 4) is 6.07 Å². The Labute approximate surface area is 118 Å². The van der Waals surface area contributed by atoms with Crippen LogP contribution in [0.15, 0.2) is 41.6 Å². The number of nitrogens with zero attached hydrogens (tertiary/aromatic N) is 2. The van der Waals surface area contributed by atoms with Gasteiger partial charge in [0.05, 0.1) is 16.2 Å². The van der Waals surface area contributed by atoms with Crippen molar-refractivity contribution in [2.75, 3.05) is 0 Å². The molecule has 20 heavy (non-hydrogen) atoms. The zero-order valence-electron chi connectivity index (χ0n) is 10.2. The van der Waals surface area contributed by atoms with Gasteiger partial charge in [0, 0.05) is 11.9 Å². The Morgan fingerprint density at radius 3 is 2.95 bits per heavy atom. The molecule has 0 aliphatic heterocycles. The quantitative estimate of drug-likeness (QED) is 0.875. The van der Waals surface area contributed by atoms with Crippen LogP contribution in [0.25, 0.3) is 0 Å². The summed E-state index contributed by atoms with van der Waals surface area (Å²) >= 11 is 1.21. The summed E-state index contributed by atoms with van der Waals surface area (Å²) in [5.74, 6) is -1.30. The maximum absolute atomic E-state index is 13.8. The summed E-state index contributed by atoms with van der Waals surface area (Å²) in [6.45, 7) is 0. The van der Waals surface area contributed by atoms with Gasteiger partial charge < -0.3 is 5.11 Å². The standard InChI is InChI=1S/C14H9FN2O2S/c15-13-10(7-16)2-1-3-11(13)8-20-12-6-9(14(18)19)4-5-17-12/h1-6H,8H2,(H,18,19).